The van der Waals surface area contributed by atoms with Crippen molar-refractivity contribution in [3.63, 3.8) is 0 Å². The van der Waals surface area contributed by atoms with Crippen LogP contribution in [0.4, 0.5) is 10.1 Å². The maximum absolute atomic E-state index is 13.2. The molecule has 0 saturated carbocycles. The van der Waals surface area contributed by atoms with Crippen molar-refractivity contribution < 1.29 is 4.39 Å². The fourth-order valence-electron chi connectivity index (χ4n) is 1.78. The van der Waals surface area contributed by atoms with Gasteiger partial charge in [0.2, 0.25) is 0 Å². The molecule has 1 aromatic heterocycles. The van der Waals surface area contributed by atoms with Crippen LogP contribution in [0.3, 0.4) is 0 Å². The van der Waals surface area contributed by atoms with E-state index in [1.807, 2.05) is 5.38 Å². The Balaban J connectivity index is 2.29. The van der Waals surface area contributed by atoms with Crippen LogP contribution in [0.25, 0.3) is 0 Å². The summed E-state index contributed by atoms with van der Waals surface area (Å²) in [4.78, 5) is 4.47. The lowest BCUT2D eigenvalue weighted by Crippen LogP contribution is -2.16. The third-order valence-corrected chi connectivity index (χ3v) is 3.84. The number of thiazole rings is 1. The summed E-state index contributed by atoms with van der Waals surface area (Å²) in [7, 11) is 0. The van der Waals surface area contributed by atoms with Crippen LogP contribution in [-0.2, 0) is 0 Å². The standard InChI is InChI=1S/C13H14FN3S2/c1-2-10(13-16-5-6-19-13)17-11-4-3-8(14)7-9(11)12(15)18/h3-7,10,17H,2H2,1H3,(H2,15,18). The number of nitrogens with one attached hydrogen (secondary N) is 1. The number of halogens is 1. The van der Waals surface area contributed by atoms with E-state index in [4.69, 9.17) is 18.0 Å². The molecule has 1 heterocycles. The van der Waals surface area contributed by atoms with Gasteiger partial charge in [0.1, 0.15) is 15.8 Å². The first-order valence-corrected chi connectivity index (χ1v) is 7.16. The van der Waals surface area contributed by atoms with Crippen LogP contribution >= 0.6 is 23.6 Å². The molecule has 6 heteroatoms. The van der Waals surface area contributed by atoms with E-state index in [0.717, 1.165) is 17.1 Å². The molecule has 19 heavy (non-hydrogen) atoms. The molecule has 1 atom stereocenters. The van der Waals surface area contributed by atoms with Gasteiger partial charge in [-0.25, -0.2) is 9.37 Å². The predicted molar refractivity (Wildman–Crippen MR) is 81.1 cm³/mol. The van der Waals surface area contributed by atoms with Crippen LogP contribution in [0.1, 0.15) is 30.0 Å². The van der Waals surface area contributed by atoms with E-state index in [1.54, 1.807) is 23.6 Å². The minimum absolute atomic E-state index is 0.0681. The van der Waals surface area contributed by atoms with E-state index in [0.29, 0.717) is 5.56 Å². The van der Waals surface area contributed by atoms with Gasteiger partial charge in [0, 0.05) is 22.8 Å². The highest BCUT2D eigenvalue weighted by Gasteiger charge is 2.15. The van der Waals surface area contributed by atoms with Gasteiger partial charge in [0.05, 0.1) is 6.04 Å². The summed E-state index contributed by atoms with van der Waals surface area (Å²) < 4.78 is 13.2. The Hall–Kier alpha value is -1.53. The number of benzene rings is 1. The molecule has 0 amide bonds. The fraction of sp³-hybridized carbons (Fsp3) is 0.231. The zero-order valence-electron chi connectivity index (χ0n) is 10.4. The van der Waals surface area contributed by atoms with Gasteiger partial charge in [-0.05, 0) is 24.6 Å². The monoisotopic (exact) mass is 295 g/mol. The van der Waals surface area contributed by atoms with E-state index in [9.17, 15) is 4.39 Å². The number of rotatable bonds is 5. The molecule has 3 N–H and O–H groups in total. The second-order valence-corrected chi connectivity index (χ2v) is 5.40. The zero-order chi connectivity index (χ0) is 13.8. The smallest absolute Gasteiger partial charge is 0.124 e. The highest BCUT2D eigenvalue weighted by molar-refractivity contribution is 7.80. The topological polar surface area (TPSA) is 50.9 Å². The van der Waals surface area contributed by atoms with Crippen molar-refractivity contribution in [1.29, 1.82) is 0 Å². The molecule has 0 aliphatic heterocycles. The summed E-state index contributed by atoms with van der Waals surface area (Å²) in [6, 6.07) is 4.46. The first-order chi connectivity index (χ1) is 9.11. The molecule has 0 aliphatic rings. The Bertz CT molecular complexity index is 569. The number of nitrogens with zero attached hydrogens (tertiary/aromatic N) is 1. The van der Waals surface area contributed by atoms with Crippen LogP contribution < -0.4 is 11.1 Å². The van der Waals surface area contributed by atoms with E-state index >= 15 is 0 Å². The highest BCUT2D eigenvalue weighted by atomic mass is 32.1. The molecule has 0 spiro atoms. The lowest BCUT2D eigenvalue weighted by molar-refractivity contribution is 0.627. The van der Waals surface area contributed by atoms with E-state index < -0.39 is 0 Å². The Morgan fingerprint density at radius 2 is 2.37 bits per heavy atom. The summed E-state index contributed by atoms with van der Waals surface area (Å²) in [5.41, 5.74) is 6.88. The molecule has 0 aliphatic carbocycles. The first-order valence-electron chi connectivity index (χ1n) is 5.87. The predicted octanol–water partition coefficient (Wildman–Crippen LogP) is 3.48. The number of anilines is 1. The maximum Gasteiger partial charge on any atom is 0.124 e. The molecule has 3 nitrogen and oxygen atoms in total. The molecule has 1 unspecified atom stereocenters. The van der Waals surface area contributed by atoms with Crippen molar-refractivity contribution in [3.05, 3.63) is 46.2 Å². The normalized spacial score (nSPS) is 12.1. The van der Waals surface area contributed by atoms with Gasteiger partial charge in [0.25, 0.3) is 0 Å². The molecule has 2 rings (SSSR count). The van der Waals surface area contributed by atoms with Gasteiger partial charge in [-0.15, -0.1) is 11.3 Å². The second-order valence-electron chi connectivity index (χ2n) is 4.03. The Kier molecular flexibility index (Phi) is 4.44. The van der Waals surface area contributed by atoms with Gasteiger partial charge >= 0.3 is 0 Å². The summed E-state index contributed by atoms with van der Waals surface area (Å²) >= 11 is 6.54. The van der Waals surface area contributed by atoms with E-state index in [1.165, 1.54) is 12.1 Å². The van der Waals surface area contributed by atoms with E-state index in [-0.39, 0.29) is 16.8 Å². The van der Waals surface area contributed by atoms with Gasteiger partial charge in [-0.2, -0.15) is 0 Å². The third-order valence-electron chi connectivity index (χ3n) is 2.73. The maximum atomic E-state index is 13.2. The minimum Gasteiger partial charge on any atom is -0.389 e. The zero-order valence-corrected chi connectivity index (χ0v) is 12.0. The molecule has 0 radical (unpaired) electrons. The lowest BCUT2D eigenvalue weighted by atomic mass is 10.1. The molecule has 100 valence electrons. The largest absolute Gasteiger partial charge is 0.389 e. The molecule has 2 aromatic rings. The van der Waals surface area contributed by atoms with E-state index in [2.05, 4.69) is 17.2 Å². The minimum atomic E-state index is -0.351. The Labute approximate surface area is 120 Å². The highest BCUT2D eigenvalue weighted by Crippen LogP contribution is 2.26. The molecule has 1 aromatic carbocycles. The summed E-state index contributed by atoms with van der Waals surface area (Å²) in [6.45, 7) is 2.06. The van der Waals surface area contributed by atoms with Crippen LogP contribution in [0.15, 0.2) is 29.8 Å². The number of hydrogen-bond donors (Lipinski definition) is 2. The molecular formula is C13H14FN3S2. The number of hydrogen-bond acceptors (Lipinski definition) is 4. The van der Waals surface area contributed by atoms with Crippen molar-refractivity contribution in [2.75, 3.05) is 5.32 Å². The summed E-state index contributed by atoms with van der Waals surface area (Å²) in [5, 5.41) is 6.24. The summed E-state index contributed by atoms with van der Waals surface area (Å²) in [6.07, 6.45) is 2.63. The quantitative estimate of drug-likeness (QED) is 0.829. The Morgan fingerprint density at radius 1 is 1.58 bits per heavy atom. The van der Waals surface area contributed by atoms with Gasteiger partial charge in [-0.3, -0.25) is 0 Å². The van der Waals surface area contributed by atoms with Crippen LogP contribution in [-0.4, -0.2) is 9.97 Å². The average Bonchev–Trinajstić information content (AvgIpc) is 2.90. The van der Waals surface area contributed by atoms with Gasteiger partial charge < -0.3 is 11.1 Å². The van der Waals surface area contributed by atoms with Gasteiger partial charge in [0.15, 0.2) is 0 Å². The van der Waals surface area contributed by atoms with Crippen molar-refractivity contribution in [1.82, 2.24) is 4.98 Å². The van der Waals surface area contributed by atoms with Crippen LogP contribution in [0.5, 0.6) is 0 Å². The van der Waals surface area contributed by atoms with Crippen molar-refractivity contribution >= 4 is 34.2 Å². The molecule has 0 fully saturated rings. The fourth-order valence-corrected chi connectivity index (χ4v) is 2.72. The molecule has 0 bridgehead atoms. The Morgan fingerprint density at radius 3 is 2.95 bits per heavy atom. The molecular weight excluding hydrogens is 281 g/mol. The van der Waals surface area contributed by atoms with Crippen molar-refractivity contribution in [2.24, 2.45) is 5.73 Å². The number of aromatic nitrogens is 1. The third kappa shape index (κ3) is 3.27. The summed E-state index contributed by atoms with van der Waals surface area (Å²) in [5.74, 6) is -0.351. The second kappa shape index (κ2) is 6.08. The average molecular weight is 295 g/mol. The van der Waals surface area contributed by atoms with Crippen molar-refractivity contribution in [3.8, 4) is 0 Å². The number of thiocarbonyl (C=S) groups is 1. The lowest BCUT2D eigenvalue weighted by Gasteiger charge is -2.18. The molecule has 0 saturated heterocycles. The van der Waals surface area contributed by atoms with Gasteiger partial charge in [-0.1, -0.05) is 19.1 Å². The van der Waals surface area contributed by atoms with Crippen LogP contribution in [0, 0.1) is 5.82 Å². The number of nitrogens with two attached hydrogens (primary N) is 1. The van der Waals surface area contributed by atoms with Crippen LogP contribution in [0.2, 0.25) is 0 Å². The first kappa shape index (κ1) is 13.9. The SMILES string of the molecule is CCC(Nc1ccc(F)cc1C(N)=S)c1nccs1. The van der Waals surface area contributed by atoms with Crippen molar-refractivity contribution in [2.45, 2.75) is 19.4 Å².